The number of benzene rings is 1. The van der Waals surface area contributed by atoms with Gasteiger partial charge in [0, 0.05) is 14.2 Å². The molecule has 1 aliphatic rings. The van der Waals surface area contributed by atoms with E-state index in [1.807, 2.05) is 30.3 Å². The molecule has 1 amide bonds. The molecule has 2 rings (SSSR count). The van der Waals surface area contributed by atoms with Crippen LogP contribution in [0.2, 0.25) is 18.1 Å². The Labute approximate surface area is 226 Å². The maximum Gasteiger partial charge on any atom is 0.410 e. The second-order valence-electron chi connectivity index (χ2n) is 10.2. The summed E-state index contributed by atoms with van der Waals surface area (Å²) in [6, 6.07) is 8.52. The van der Waals surface area contributed by atoms with E-state index >= 15 is 0 Å². The fraction of sp³-hybridized carbons (Fsp3) is 0.667. The minimum Gasteiger partial charge on any atom is -0.460 e. The van der Waals surface area contributed by atoms with Crippen LogP contribution in [-0.2, 0) is 34.1 Å². The molecule has 0 aliphatic carbocycles. The normalized spacial score (nSPS) is 19.7. The number of hydrogen-bond acceptors (Lipinski definition) is 9. The molecule has 1 saturated heterocycles. The van der Waals surface area contributed by atoms with Crippen LogP contribution in [0.1, 0.15) is 39.2 Å². The molecule has 0 N–H and O–H groups in total. The lowest BCUT2D eigenvalue weighted by atomic mass is 10.2. The molecule has 0 aromatic heterocycles. The van der Waals surface area contributed by atoms with Crippen LogP contribution in [0.5, 0.6) is 0 Å². The smallest absolute Gasteiger partial charge is 0.410 e. The zero-order valence-electron chi connectivity index (χ0n) is 22.5. The summed E-state index contributed by atoms with van der Waals surface area (Å²) in [5, 5.41) is 0.0155. The highest BCUT2D eigenvalue weighted by atomic mass is 32.2. The average Bonchev–Trinajstić information content (AvgIpc) is 3.27. The number of hydrogen-bond donors (Lipinski definition) is 0. The fourth-order valence-corrected chi connectivity index (χ4v) is 6.74. The Morgan fingerprint density at radius 1 is 1.19 bits per heavy atom. The Kier molecular flexibility index (Phi) is 11.5. The van der Waals surface area contributed by atoms with Gasteiger partial charge in [0.2, 0.25) is 10.2 Å². The van der Waals surface area contributed by atoms with Gasteiger partial charge in [-0.3, -0.25) is 9.46 Å². The second-order valence-corrected chi connectivity index (χ2v) is 18.7. The highest BCUT2D eigenvalue weighted by molar-refractivity contribution is 8.22. The summed E-state index contributed by atoms with van der Waals surface area (Å²) < 4.78 is 42.4. The SMILES string of the molecule is COP(=O)(OC)C(OC(=S)SC)[C@H]1CC[C@@H](CO[Si](C)(C)C(C)(C)C)N1C(=O)OCc1ccccc1. The molecule has 0 saturated carbocycles. The molecular weight excluding hydrogens is 537 g/mol. The van der Waals surface area contributed by atoms with Crippen molar-refractivity contribution in [2.45, 2.75) is 76.3 Å². The van der Waals surface area contributed by atoms with Crippen LogP contribution in [0.3, 0.4) is 0 Å². The first kappa shape index (κ1) is 31.3. The fourth-order valence-electron chi connectivity index (χ4n) is 3.74. The predicted octanol–water partition coefficient (Wildman–Crippen LogP) is 6.65. The molecule has 0 spiro atoms. The summed E-state index contributed by atoms with van der Waals surface area (Å²) >= 11 is 6.48. The molecule has 1 fully saturated rings. The Bertz CT molecular complexity index is 921. The van der Waals surface area contributed by atoms with Crippen molar-refractivity contribution < 1.29 is 32.3 Å². The molecule has 36 heavy (non-hydrogen) atoms. The van der Waals surface area contributed by atoms with E-state index in [1.54, 1.807) is 11.2 Å². The standard InChI is InChI=1S/C24H40NO7PS2Si/c1-24(2,3)36(7,8)31-17-19-14-15-20(21(32-23(34)35-6)33(27,28-4)29-5)25(19)22(26)30-16-18-12-10-9-11-13-18/h9-13,19-21H,14-17H2,1-8H3/t19-,20+,21?/m0/s1. The van der Waals surface area contributed by atoms with Crippen molar-refractivity contribution in [3.63, 3.8) is 0 Å². The van der Waals surface area contributed by atoms with Crippen molar-refractivity contribution in [2.75, 3.05) is 27.1 Å². The summed E-state index contributed by atoms with van der Waals surface area (Å²) in [5.74, 6) is -1.10. The first-order chi connectivity index (χ1) is 16.8. The summed E-state index contributed by atoms with van der Waals surface area (Å²) in [6.45, 7) is 11.3. The summed E-state index contributed by atoms with van der Waals surface area (Å²) in [4.78, 5) is 15.1. The molecule has 1 aliphatic heterocycles. The molecule has 3 atom stereocenters. The summed E-state index contributed by atoms with van der Waals surface area (Å²) in [6.07, 6.45) is 2.36. The zero-order chi connectivity index (χ0) is 27.1. The van der Waals surface area contributed by atoms with E-state index in [0.717, 1.165) is 5.56 Å². The van der Waals surface area contributed by atoms with Crippen molar-refractivity contribution >= 4 is 50.4 Å². The Morgan fingerprint density at radius 2 is 1.81 bits per heavy atom. The number of thioether (sulfide) groups is 1. The summed E-state index contributed by atoms with van der Waals surface area (Å²) in [7, 11) is -3.25. The van der Waals surface area contributed by atoms with Gasteiger partial charge in [-0.1, -0.05) is 62.9 Å². The first-order valence-electron chi connectivity index (χ1n) is 11.9. The molecule has 8 nitrogen and oxygen atoms in total. The van der Waals surface area contributed by atoms with Crippen LogP contribution in [-0.4, -0.2) is 68.7 Å². The van der Waals surface area contributed by atoms with E-state index in [4.69, 9.17) is 35.2 Å². The van der Waals surface area contributed by atoms with Crippen molar-refractivity contribution in [3.8, 4) is 0 Å². The summed E-state index contributed by atoms with van der Waals surface area (Å²) in [5.41, 5.74) is 0.867. The van der Waals surface area contributed by atoms with Crippen molar-refractivity contribution in [1.82, 2.24) is 4.90 Å². The van der Waals surface area contributed by atoms with Crippen molar-refractivity contribution in [2.24, 2.45) is 0 Å². The van der Waals surface area contributed by atoms with Crippen LogP contribution in [0.4, 0.5) is 4.79 Å². The van der Waals surface area contributed by atoms with E-state index in [0.29, 0.717) is 19.4 Å². The molecule has 1 unspecified atom stereocenters. The van der Waals surface area contributed by atoms with Gasteiger partial charge in [-0.2, -0.15) is 0 Å². The van der Waals surface area contributed by atoms with Gasteiger partial charge in [0.1, 0.15) is 6.61 Å². The maximum atomic E-state index is 13.6. The van der Waals surface area contributed by atoms with Gasteiger partial charge in [0.15, 0.2) is 8.32 Å². The largest absolute Gasteiger partial charge is 0.460 e. The number of amides is 1. The topological polar surface area (TPSA) is 83.5 Å². The molecule has 1 aromatic carbocycles. The third-order valence-corrected chi connectivity index (χ3v) is 14.6. The van der Waals surface area contributed by atoms with Gasteiger partial charge in [0.05, 0.1) is 18.7 Å². The molecular formula is C24H40NO7PS2Si. The lowest BCUT2D eigenvalue weighted by Crippen LogP contribution is -2.51. The van der Waals surface area contributed by atoms with Gasteiger partial charge < -0.3 is 22.9 Å². The Hall–Kier alpha value is -0.943. The molecule has 1 aromatic rings. The van der Waals surface area contributed by atoms with Crippen LogP contribution in [0, 0.1) is 0 Å². The van der Waals surface area contributed by atoms with Crippen molar-refractivity contribution in [1.29, 1.82) is 0 Å². The highest BCUT2D eigenvalue weighted by Crippen LogP contribution is 2.56. The van der Waals surface area contributed by atoms with Gasteiger partial charge in [-0.15, -0.1) is 0 Å². The number of nitrogens with zero attached hydrogens (tertiary/aromatic N) is 1. The molecule has 0 bridgehead atoms. The number of carbonyl (C=O) groups is 1. The van der Waals surface area contributed by atoms with Gasteiger partial charge in [-0.05, 0) is 55.0 Å². The third kappa shape index (κ3) is 7.79. The van der Waals surface area contributed by atoms with Gasteiger partial charge in [-0.25, -0.2) is 4.79 Å². The van der Waals surface area contributed by atoms with Crippen LogP contribution >= 0.6 is 31.6 Å². The lowest BCUT2D eigenvalue weighted by molar-refractivity contribution is 0.0437. The van der Waals surface area contributed by atoms with Gasteiger partial charge in [0.25, 0.3) is 0 Å². The first-order valence-corrected chi connectivity index (χ1v) is 18.0. The number of rotatable bonds is 10. The monoisotopic (exact) mass is 577 g/mol. The predicted molar refractivity (Wildman–Crippen MR) is 151 cm³/mol. The zero-order valence-corrected chi connectivity index (χ0v) is 26.0. The maximum absolute atomic E-state index is 13.6. The van der Waals surface area contributed by atoms with E-state index in [1.165, 1.54) is 26.0 Å². The van der Waals surface area contributed by atoms with E-state index in [9.17, 15) is 9.36 Å². The highest BCUT2D eigenvalue weighted by Gasteiger charge is 2.52. The number of carbonyl (C=O) groups excluding carboxylic acids is 1. The van der Waals surface area contributed by atoms with E-state index < -0.39 is 33.9 Å². The Morgan fingerprint density at radius 3 is 2.33 bits per heavy atom. The molecule has 0 radical (unpaired) electrons. The molecule has 1 heterocycles. The van der Waals surface area contributed by atoms with Crippen molar-refractivity contribution in [3.05, 3.63) is 35.9 Å². The quantitative estimate of drug-likeness (QED) is 0.172. The molecule has 12 heteroatoms. The number of thiocarbonyl (C=S) groups is 1. The van der Waals surface area contributed by atoms with Gasteiger partial charge >= 0.3 is 13.7 Å². The Balaban J connectivity index is 2.37. The average molecular weight is 578 g/mol. The van der Waals surface area contributed by atoms with Crippen LogP contribution in [0.25, 0.3) is 0 Å². The third-order valence-electron chi connectivity index (χ3n) is 6.94. The van der Waals surface area contributed by atoms with E-state index in [2.05, 4.69) is 33.9 Å². The number of likely N-dealkylation sites (tertiary alicyclic amines) is 1. The van der Waals surface area contributed by atoms with E-state index in [-0.39, 0.29) is 22.1 Å². The van der Waals surface area contributed by atoms with Crippen LogP contribution in [0.15, 0.2) is 30.3 Å². The molecule has 204 valence electrons. The minimum absolute atomic E-state index is 0.0155. The minimum atomic E-state index is -3.77. The second kappa shape index (κ2) is 13.2. The van der Waals surface area contributed by atoms with Crippen LogP contribution < -0.4 is 0 Å². The number of ether oxygens (including phenoxy) is 2. The lowest BCUT2D eigenvalue weighted by Gasteiger charge is -2.39.